The molecule has 0 atom stereocenters. The van der Waals surface area contributed by atoms with Crippen molar-refractivity contribution in [2.45, 2.75) is 13.8 Å². The molecule has 0 aliphatic heterocycles. The summed E-state index contributed by atoms with van der Waals surface area (Å²) in [5, 5.41) is 2.71. The van der Waals surface area contributed by atoms with Crippen molar-refractivity contribution >= 4 is 31.5 Å². The van der Waals surface area contributed by atoms with E-state index in [1.54, 1.807) is 0 Å². The van der Waals surface area contributed by atoms with Crippen LogP contribution < -0.4 is 0 Å². The Labute approximate surface area is 156 Å². The van der Waals surface area contributed by atoms with Crippen LogP contribution in [0, 0.1) is 13.8 Å². The first kappa shape index (κ1) is 15.4. The number of aryl methyl sites for hydroxylation is 2. The topological polar surface area (TPSA) is 15.8 Å². The Hall–Kier alpha value is -2.84. The third kappa shape index (κ3) is 2.38. The molecule has 0 saturated carbocycles. The summed E-state index contributed by atoms with van der Waals surface area (Å²) in [6, 6.07) is 26.2. The number of aromatic amines is 1. The maximum Gasteiger partial charge on any atom is 0.0465 e. The van der Waals surface area contributed by atoms with Gasteiger partial charge in [-0.05, 0) is 43.2 Å². The van der Waals surface area contributed by atoms with Crippen LogP contribution in [0.4, 0.5) is 0 Å². The molecule has 0 fully saturated rings. The maximum atomic E-state index is 3.64. The Morgan fingerprint density at radius 1 is 0.731 bits per heavy atom. The molecule has 1 nitrogen and oxygen atoms in total. The Morgan fingerprint density at radius 2 is 1.50 bits per heavy atom. The van der Waals surface area contributed by atoms with E-state index in [2.05, 4.69) is 91.6 Å². The van der Waals surface area contributed by atoms with Gasteiger partial charge in [-0.3, -0.25) is 0 Å². The second kappa shape index (κ2) is 5.86. The molecule has 126 valence electrons. The van der Waals surface area contributed by atoms with Gasteiger partial charge in [-0.25, -0.2) is 0 Å². The largest absolute Gasteiger partial charge is 0.355 e. The average molecular weight is 353 g/mol. The minimum absolute atomic E-state index is 1.16. The Balaban J connectivity index is 1.73. The minimum atomic E-state index is 1.16. The monoisotopic (exact) mass is 353 g/mol. The molecule has 1 N–H and O–H groups in total. The van der Waals surface area contributed by atoms with E-state index >= 15 is 0 Å². The van der Waals surface area contributed by atoms with Gasteiger partial charge >= 0.3 is 0 Å². The van der Waals surface area contributed by atoms with E-state index in [9.17, 15) is 0 Å². The van der Waals surface area contributed by atoms with Gasteiger partial charge in [0.2, 0.25) is 0 Å². The van der Waals surface area contributed by atoms with Crippen molar-refractivity contribution in [2.24, 2.45) is 0 Å². The lowest BCUT2D eigenvalue weighted by atomic mass is 10.0. The van der Waals surface area contributed by atoms with E-state index < -0.39 is 0 Å². The summed E-state index contributed by atoms with van der Waals surface area (Å²) in [5.41, 5.74) is 7.46. The van der Waals surface area contributed by atoms with Crippen LogP contribution in [0.3, 0.4) is 0 Å². The van der Waals surface area contributed by atoms with Crippen molar-refractivity contribution in [3.63, 3.8) is 0 Å². The number of nitrogens with one attached hydrogen (secondary N) is 1. The highest BCUT2D eigenvalue weighted by Crippen LogP contribution is 2.41. The number of hydrogen-bond donors (Lipinski definition) is 1. The first-order valence-corrected chi connectivity index (χ1v) is 9.69. The highest BCUT2D eigenvalue weighted by molar-refractivity contribution is 7.26. The molecule has 0 bridgehead atoms. The van der Waals surface area contributed by atoms with E-state index in [1.807, 2.05) is 11.3 Å². The van der Waals surface area contributed by atoms with Crippen LogP contribution in [0.25, 0.3) is 42.7 Å². The number of benzene rings is 3. The lowest BCUT2D eigenvalue weighted by Gasteiger charge is -2.05. The van der Waals surface area contributed by atoms with Gasteiger partial charge in [-0.2, -0.15) is 0 Å². The Bertz CT molecular complexity index is 1240. The molecule has 0 spiro atoms. The van der Waals surface area contributed by atoms with E-state index in [0.717, 1.165) is 5.69 Å². The van der Waals surface area contributed by atoms with Crippen molar-refractivity contribution in [3.8, 4) is 22.5 Å². The summed E-state index contributed by atoms with van der Waals surface area (Å²) >= 11 is 1.89. The molecule has 0 radical (unpaired) electrons. The fourth-order valence-corrected chi connectivity index (χ4v) is 4.83. The van der Waals surface area contributed by atoms with Crippen LogP contribution in [0.2, 0.25) is 0 Å². The van der Waals surface area contributed by atoms with Crippen LogP contribution in [0.5, 0.6) is 0 Å². The molecule has 0 aliphatic rings. The van der Waals surface area contributed by atoms with Gasteiger partial charge < -0.3 is 4.98 Å². The van der Waals surface area contributed by atoms with Crippen molar-refractivity contribution < 1.29 is 0 Å². The van der Waals surface area contributed by atoms with Gasteiger partial charge in [0.25, 0.3) is 0 Å². The fourth-order valence-electron chi connectivity index (χ4n) is 3.64. The Morgan fingerprint density at radius 3 is 2.35 bits per heavy atom. The molecule has 0 aliphatic carbocycles. The SMILES string of the molecule is Cc1ccc(-c2ccc(-c3ccc(C)c4sc5ccccc5c34)[nH]2)cc1. The first-order chi connectivity index (χ1) is 12.7. The number of aromatic nitrogens is 1. The number of thiophene rings is 1. The molecule has 0 amide bonds. The normalized spacial score (nSPS) is 11.5. The van der Waals surface area contributed by atoms with E-state index in [4.69, 9.17) is 0 Å². The molecule has 2 heteroatoms. The van der Waals surface area contributed by atoms with Gasteiger partial charge in [0, 0.05) is 37.1 Å². The predicted octanol–water partition coefficient (Wildman–Crippen LogP) is 7.33. The van der Waals surface area contributed by atoms with Gasteiger partial charge in [-0.1, -0.05) is 60.2 Å². The van der Waals surface area contributed by atoms with Crippen LogP contribution in [0.15, 0.2) is 72.8 Å². The van der Waals surface area contributed by atoms with Gasteiger partial charge in [0.05, 0.1) is 0 Å². The molecular weight excluding hydrogens is 334 g/mol. The number of hydrogen-bond acceptors (Lipinski definition) is 1. The summed E-state index contributed by atoms with van der Waals surface area (Å²) in [6.45, 7) is 4.32. The minimum Gasteiger partial charge on any atom is -0.355 e. The molecule has 0 saturated heterocycles. The van der Waals surface area contributed by atoms with Crippen molar-refractivity contribution in [2.75, 3.05) is 0 Å². The van der Waals surface area contributed by atoms with Gasteiger partial charge in [0.1, 0.15) is 0 Å². The number of H-pyrrole nitrogens is 1. The first-order valence-electron chi connectivity index (χ1n) is 8.88. The maximum absolute atomic E-state index is 3.64. The summed E-state index contributed by atoms with van der Waals surface area (Å²) < 4.78 is 2.73. The van der Waals surface area contributed by atoms with E-state index in [-0.39, 0.29) is 0 Å². The van der Waals surface area contributed by atoms with Crippen LogP contribution in [0.1, 0.15) is 11.1 Å². The zero-order chi connectivity index (χ0) is 17.7. The molecule has 5 rings (SSSR count). The smallest absolute Gasteiger partial charge is 0.0465 e. The highest BCUT2D eigenvalue weighted by Gasteiger charge is 2.14. The van der Waals surface area contributed by atoms with Crippen LogP contribution in [-0.4, -0.2) is 4.98 Å². The van der Waals surface area contributed by atoms with Crippen molar-refractivity contribution in [3.05, 3.63) is 83.9 Å². The Kier molecular flexibility index (Phi) is 3.47. The fraction of sp³-hybridized carbons (Fsp3) is 0.0833. The van der Waals surface area contributed by atoms with Gasteiger partial charge in [0.15, 0.2) is 0 Å². The second-order valence-electron chi connectivity index (χ2n) is 6.88. The molecule has 3 aromatic carbocycles. The third-order valence-electron chi connectivity index (χ3n) is 5.06. The summed E-state index contributed by atoms with van der Waals surface area (Å²) in [5.74, 6) is 0. The van der Waals surface area contributed by atoms with E-state index in [0.29, 0.717) is 0 Å². The molecule has 2 aromatic heterocycles. The lowest BCUT2D eigenvalue weighted by Crippen LogP contribution is -1.83. The number of rotatable bonds is 2. The molecule has 0 unspecified atom stereocenters. The van der Waals surface area contributed by atoms with E-state index in [1.165, 1.54) is 48.1 Å². The van der Waals surface area contributed by atoms with Crippen molar-refractivity contribution in [1.82, 2.24) is 4.98 Å². The summed E-state index contributed by atoms with van der Waals surface area (Å²) in [4.78, 5) is 3.64. The van der Waals surface area contributed by atoms with Crippen molar-refractivity contribution in [1.29, 1.82) is 0 Å². The summed E-state index contributed by atoms with van der Waals surface area (Å²) in [7, 11) is 0. The summed E-state index contributed by atoms with van der Waals surface area (Å²) in [6.07, 6.45) is 0. The lowest BCUT2D eigenvalue weighted by molar-refractivity contribution is 1.38. The average Bonchev–Trinajstić information content (AvgIpc) is 3.29. The van der Waals surface area contributed by atoms with Crippen LogP contribution in [-0.2, 0) is 0 Å². The zero-order valence-electron chi connectivity index (χ0n) is 14.8. The van der Waals surface area contributed by atoms with Gasteiger partial charge in [-0.15, -0.1) is 11.3 Å². The molecule has 5 aromatic rings. The standard InChI is InChI=1S/C24H19NS/c1-15-7-10-17(11-8-15)20-13-14-21(25-20)18-12-9-16(2)24-23(18)19-5-3-4-6-22(19)26-24/h3-14,25H,1-2H3. The number of fused-ring (bicyclic) bond motifs is 3. The zero-order valence-corrected chi connectivity index (χ0v) is 15.7. The quantitative estimate of drug-likeness (QED) is 0.342. The molecule has 2 heterocycles. The van der Waals surface area contributed by atoms with Crippen LogP contribution >= 0.6 is 11.3 Å². The predicted molar refractivity (Wildman–Crippen MR) is 114 cm³/mol. The third-order valence-corrected chi connectivity index (χ3v) is 6.37. The second-order valence-corrected chi connectivity index (χ2v) is 7.94. The molecular formula is C24H19NS. The molecule has 26 heavy (non-hydrogen) atoms. The highest BCUT2D eigenvalue weighted by atomic mass is 32.1.